The van der Waals surface area contributed by atoms with E-state index in [1.54, 1.807) is 13.3 Å². The molecule has 6 nitrogen and oxygen atoms in total. The Kier molecular flexibility index (Phi) is 4.20. The van der Waals surface area contributed by atoms with Gasteiger partial charge < -0.3 is 14.5 Å². The molecule has 2 aromatic rings. The maximum atomic E-state index is 11.5. The first-order chi connectivity index (χ1) is 10.7. The van der Waals surface area contributed by atoms with Gasteiger partial charge in [-0.2, -0.15) is 5.10 Å². The van der Waals surface area contributed by atoms with Crippen molar-refractivity contribution >= 4 is 23.0 Å². The SMILES string of the molecule is COc1ccccc1N1CCN(c2cn[nH]c(=O)c2Cl)CC1. The van der Waals surface area contributed by atoms with E-state index >= 15 is 0 Å². The van der Waals surface area contributed by atoms with Crippen LogP contribution >= 0.6 is 11.6 Å². The minimum absolute atomic E-state index is 0.195. The smallest absolute Gasteiger partial charge is 0.285 e. The van der Waals surface area contributed by atoms with Crippen molar-refractivity contribution in [2.45, 2.75) is 0 Å². The van der Waals surface area contributed by atoms with E-state index in [2.05, 4.69) is 26.1 Å². The zero-order chi connectivity index (χ0) is 15.5. The molecule has 1 aromatic carbocycles. The number of halogens is 1. The predicted octanol–water partition coefficient (Wildman–Crippen LogP) is 1.76. The zero-order valence-electron chi connectivity index (χ0n) is 12.3. The number of aromatic nitrogens is 2. The van der Waals surface area contributed by atoms with Gasteiger partial charge in [-0.15, -0.1) is 0 Å². The number of anilines is 2. The highest BCUT2D eigenvalue weighted by Gasteiger charge is 2.22. The molecule has 1 aliphatic rings. The monoisotopic (exact) mass is 320 g/mol. The lowest BCUT2D eigenvalue weighted by Gasteiger charge is -2.37. The van der Waals surface area contributed by atoms with Gasteiger partial charge in [-0.05, 0) is 12.1 Å². The Morgan fingerprint density at radius 3 is 2.45 bits per heavy atom. The van der Waals surface area contributed by atoms with E-state index < -0.39 is 0 Å². The third kappa shape index (κ3) is 2.74. The average Bonchev–Trinajstić information content (AvgIpc) is 2.57. The maximum absolute atomic E-state index is 11.5. The van der Waals surface area contributed by atoms with E-state index in [0.29, 0.717) is 5.69 Å². The van der Waals surface area contributed by atoms with E-state index in [-0.39, 0.29) is 10.6 Å². The number of rotatable bonds is 3. The average molecular weight is 321 g/mol. The molecule has 0 aliphatic carbocycles. The van der Waals surface area contributed by atoms with Crippen molar-refractivity contribution in [2.75, 3.05) is 43.1 Å². The van der Waals surface area contributed by atoms with E-state index in [0.717, 1.165) is 37.6 Å². The topological polar surface area (TPSA) is 61.5 Å². The van der Waals surface area contributed by atoms with Crippen molar-refractivity contribution in [1.29, 1.82) is 0 Å². The van der Waals surface area contributed by atoms with Gasteiger partial charge in [-0.1, -0.05) is 23.7 Å². The molecule has 1 saturated heterocycles. The maximum Gasteiger partial charge on any atom is 0.285 e. The van der Waals surface area contributed by atoms with E-state index in [1.165, 1.54) is 0 Å². The highest BCUT2D eigenvalue weighted by Crippen LogP contribution is 2.29. The summed E-state index contributed by atoms with van der Waals surface area (Å²) in [5, 5.41) is 6.36. The lowest BCUT2D eigenvalue weighted by molar-refractivity contribution is 0.413. The van der Waals surface area contributed by atoms with E-state index in [9.17, 15) is 4.79 Å². The molecule has 2 heterocycles. The standard InChI is InChI=1S/C15H17ClN4O2/c1-22-13-5-3-2-4-11(13)19-6-8-20(9-7-19)12-10-17-18-15(21)14(12)16/h2-5,10H,6-9H2,1H3,(H,18,21). The number of nitrogens with one attached hydrogen (secondary N) is 1. The Hall–Kier alpha value is -2.21. The molecular formula is C15H17ClN4O2. The number of benzene rings is 1. The van der Waals surface area contributed by atoms with Gasteiger partial charge >= 0.3 is 0 Å². The number of nitrogens with zero attached hydrogens (tertiary/aromatic N) is 3. The summed E-state index contributed by atoms with van der Waals surface area (Å²) in [5.74, 6) is 0.867. The Morgan fingerprint density at radius 1 is 1.14 bits per heavy atom. The molecule has 0 amide bonds. The minimum atomic E-state index is -0.355. The van der Waals surface area contributed by atoms with Crippen molar-refractivity contribution in [3.05, 3.63) is 45.8 Å². The zero-order valence-corrected chi connectivity index (χ0v) is 13.0. The normalized spacial score (nSPS) is 15.0. The van der Waals surface area contributed by atoms with Crippen molar-refractivity contribution in [3.63, 3.8) is 0 Å². The number of para-hydroxylation sites is 2. The number of piperazine rings is 1. The third-order valence-corrected chi connectivity index (χ3v) is 4.19. The lowest BCUT2D eigenvalue weighted by Crippen LogP contribution is -2.47. The first-order valence-corrected chi connectivity index (χ1v) is 7.44. The fraction of sp³-hybridized carbons (Fsp3) is 0.333. The van der Waals surface area contributed by atoms with Crippen LogP contribution in [0, 0.1) is 0 Å². The summed E-state index contributed by atoms with van der Waals surface area (Å²) in [6, 6.07) is 7.97. The second kappa shape index (κ2) is 6.27. The molecule has 1 aromatic heterocycles. The first-order valence-electron chi connectivity index (χ1n) is 7.07. The van der Waals surface area contributed by atoms with Gasteiger partial charge in [0.05, 0.1) is 24.7 Å². The molecular weight excluding hydrogens is 304 g/mol. The molecule has 0 radical (unpaired) electrons. The number of hydrogen-bond acceptors (Lipinski definition) is 5. The summed E-state index contributed by atoms with van der Waals surface area (Å²) in [5.41, 5.74) is 1.41. The number of H-pyrrole nitrogens is 1. The summed E-state index contributed by atoms with van der Waals surface area (Å²) < 4.78 is 5.41. The lowest BCUT2D eigenvalue weighted by atomic mass is 10.2. The fourth-order valence-corrected chi connectivity index (χ4v) is 2.88. The largest absolute Gasteiger partial charge is 0.495 e. The van der Waals surface area contributed by atoms with Crippen molar-refractivity contribution in [3.8, 4) is 5.75 Å². The Bertz CT molecular complexity index is 711. The molecule has 1 aliphatic heterocycles. The molecule has 0 bridgehead atoms. The molecule has 0 spiro atoms. The Morgan fingerprint density at radius 2 is 1.77 bits per heavy atom. The van der Waals surface area contributed by atoms with Crippen LogP contribution in [0.15, 0.2) is 35.3 Å². The highest BCUT2D eigenvalue weighted by molar-refractivity contribution is 6.33. The van der Waals surface area contributed by atoms with Crippen LogP contribution in [0.4, 0.5) is 11.4 Å². The molecule has 0 atom stereocenters. The van der Waals surface area contributed by atoms with Crippen LogP contribution in [0.2, 0.25) is 5.02 Å². The highest BCUT2D eigenvalue weighted by atomic mass is 35.5. The summed E-state index contributed by atoms with van der Waals surface area (Å²) in [6.07, 6.45) is 1.60. The third-order valence-electron chi connectivity index (χ3n) is 3.82. The second-order valence-electron chi connectivity index (χ2n) is 5.04. The van der Waals surface area contributed by atoms with Crippen LogP contribution in [0.25, 0.3) is 0 Å². The summed E-state index contributed by atoms with van der Waals surface area (Å²) in [6.45, 7) is 3.18. The van der Waals surface area contributed by atoms with Gasteiger partial charge in [0.15, 0.2) is 0 Å². The van der Waals surface area contributed by atoms with Gasteiger partial charge in [0.2, 0.25) is 0 Å². The summed E-state index contributed by atoms with van der Waals surface area (Å²) in [4.78, 5) is 15.9. The fourth-order valence-electron chi connectivity index (χ4n) is 2.67. The molecule has 7 heteroatoms. The van der Waals surface area contributed by atoms with Crippen LogP contribution < -0.4 is 20.1 Å². The van der Waals surface area contributed by atoms with Crippen molar-refractivity contribution in [1.82, 2.24) is 10.2 Å². The number of ether oxygens (including phenoxy) is 1. The Balaban J connectivity index is 1.75. The minimum Gasteiger partial charge on any atom is -0.495 e. The van der Waals surface area contributed by atoms with Crippen LogP contribution in [-0.2, 0) is 0 Å². The molecule has 0 unspecified atom stereocenters. The van der Waals surface area contributed by atoms with Crippen LogP contribution in [0.1, 0.15) is 0 Å². The number of aromatic amines is 1. The van der Waals surface area contributed by atoms with Gasteiger partial charge in [0.1, 0.15) is 10.8 Å². The molecule has 116 valence electrons. The van der Waals surface area contributed by atoms with Gasteiger partial charge in [-0.3, -0.25) is 4.79 Å². The number of methoxy groups -OCH3 is 1. The molecule has 1 N–H and O–H groups in total. The number of hydrogen-bond donors (Lipinski definition) is 1. The predicted molar refractivity (Wildman–Crippen MR) is 87.3 cm³/mol. The van der Waals surface area contributed by atoms with E-state index in [1.807, 2.05) is 18.2 Å². The second-order valence-corrected chi connectivity index (χ2v) is 5.42. The molecule has 1 fully saturated rings. The quantitative estimate of drug-likeness (QED) is 0.933. The van der Waals surface area contributed by atoms with Gasteiger partial charge in [0.25, 0.3) is 5.56 Å². The van der Waals surface area contributed by atoms with Gasteiger partial charge in [-0.25, -0.2) is 5.10 Å². The van der Waals surface area contributed by atoms with Crippen molar-refractivity contribution < 1.29 is 4.74 Å². The Labute approximate surface area is 133 Å². The van der Waals surface area contributed by atoms with Gasteiger partial charge in [0, 0.05) is 26.2 Å². The first kappa shape index (κ1) is 14.7. The van der Waals surface area contributed by atoms with Crippen molar-refractivity contribution in [2.24, 2.45) is 0 Å². The van der Waals surface area contributed by atoms with Crippen LogP contribution in [0.3, 0.4) is 0 Å². The summed E-state index contributed by atoms with van der Waals surface area (Å²) >= 11 is 6.07. The summed E-state index contributed by atoms with van der Waals surface area (Å²) in [7, 11) is 1.68. The van der Waals surface area contributed by atoms with Crippen LogP contribution in [-0.4, -0.2) is 43.5 Å². The molecule has 3 rings (SSSR count). The van der Waals surface area contributed by atoms with Crippen LogP contribution in [0.5, 0.6) is 5.75 Å². The molecule has 22 heavy (non-hydrogen) atoms. The van der Waals surface area contributed by atoms with E-state index in [4.69, 9.17) is 16.3 Å². The molecule has 0 saturated carbocycles.